The van der Waals surface area contributed by atoms with Crippen LogP contribution in [0.3, 0.4) is 0 Å². The molecule has 0 aliphatic rings. The van der Waals surface area contributed by atoms with Crippen LogP contribution in [0.4, 0.5) is 0 Å². The third kappa shape index (κ3) is 43.1. The van der Waals surface area contributed by atoms with Gasteiger partial charge in [0.2, 0.25) is 0 Å². The molecule has 0 aliphatic carbocycles. The van der Waals surface area contributed by atoms with Gasteiger partial charge in [0.05, 0.1) is 26.4 Å². The molecular formula is C50H81O10P. The number of phosphoric ester groups is 1. The van der Waals surface area contributed by atoms with E-state index in [2.05, 4.69) is 111 Å². The molecule has 3 unspecified atom stereocenters. The van der Waals surface area contributed by atoms with Crippen molar-refractivity contribution in [1.82, 2.24) is 0 Å². The van der Waals surface area contributed by atoms with E-state index in [0.29, 0.717) is 19.3 Å². The van der Waals surface area contributed by atoms with Crippen LogP contribution in [0.1, 0.15) is 155 Å². The topological polar surface area (TPSA) is 149 Å². The fourth-order valence-electron chi connectivity index (χ4n) is 5.55. The van der Waals surface area contributed by atoms with E-state index in [4.69, 9.17) is 18.5 Å². The van der Waals surface area contributed by atoms with Crippen molar-refractivity contribution in [1.29, 1.82) is 0 Å². The smallest absolute Gasteiger partial charge is 0.457 e. The number of aliphatic hydroxyl groups is 2. The van der Waals surface area contributed by atoms with E-state index in [0.717, 1.165) is 83.5 Å². The van der Waals surface area contributed by atoms with E-state index in [-0.39, 0.29) is 12.8 Å². The molecule has 11 heteroatoms. The lowest BCUT2D eigenvalue weighted by molar-refractivity contribution is -0.153. The van der Waals surface area contributed by atoms with Gasteiger partial charge < -0.3 is 24.6 Å². The number of ether oxygens (including phenoxy) is 2. The average molecular weight is 873 g/mol. The van der Waals surface area contributed by atoms with Gasteiger partial charge in [0.25, 0.3) is 0 Å². The normalized spacial score (nSPS) is 14.8. The van der Waals surface area contributed by atoms with E-state index in [1.54, 1.807) is 0 Å². The second-order valence-electron chi connectivity index (χ2n) is 14.6. The molecule has 0 radical (unpaired) electrons. The summed E-state index contributed by atoms with van der Waals surface area (Å²) in [5.74, 6) is -1.10. The summed E-state index contributed by atoms with van der Waals surface area (Å²) < 4.78 is 32.6. The van der Waals surface area contributed by atoms with Gasteiger partial charge in [0.15, 0.2) is 0 Å². The maximum Gasteiger partial charge on any atom is 0.472 e. The van der Waals surface area contributed by atoms with E-state index in [1.165, 1.54) is 25.7 Å². The molecule has 0 amide bonds. The lowest BCUT2D eigenvalue weighted by Gasteiger charge is -2.20. The fourth-order valence-corrected chi connectivity index (χ4v) is 6.34. The summed E-state index contributed by atoms with van der Waals surface area (Å²) in [5, 5.41) is 19.2. The molecule has 0 spiro atoms. The van der Waals surface area contributed by atoms with Crippen molar-refractivity contribution in [3.8, 4) is 0 Å². The van der Waals surface area contributed by atoms with Gasteiger partial charge in [-0.1, -0.05) is 162 Å². The number of aliphatic hydroxyl groups excluding tert-OH is 2. The zero-order valence-electron chi connectivity index (χ0n) is 37.6. The fraction of sp³-hybridized carbons (Fsp3) is 0.600. The first-order chi connectivity index (χ1) is 29.8. The Balaban J connectivity index is 4.00. The van der Waals surface area contributed by atoms with E-state index in [9.17, 15) is 29.3 Å². The lowest BCUT2D eigenvalue weighted by atomic mass is 10.1. The highest BCUT2D eigenvalue weighted by Crippen LogP contribution is 2.43. The molecule has 0 aromatic rings. The van der Waals surface area contributed by atoms with E-state index < -0.39 is 58.4 Å². The standard InChI is InChI=1S/C50H81O10P/c1-3-5-7-9-11-13-15-17-19-21-22-23-24-26-28-30-32-34-36-38-40-42-50(54)60-48(44-52)46-58-61(55,56)57-45-47(43-51)59-49(53)41-39-37-35-33-31-29-27-25-20-18-16-14-12-10-8-6-4-2/h5-8,11-14,17-20,22-23,27,29,33,35,47-48,51-52H,3-4,9-10,15-16,21,24-26,28,30-32,34,36-46H2,1-2H3,(H,55,56)/b7-5-,8-6-,13-11-,14-12-,19-17-,20-18-,23-22-,29-27-,35-33-. The molecule has 0 saturated heterocycles. The van der Waals surface area contributed by atoms with Crippen LogP contribution >= 0.6 is 7.82 Å². The minimum atomic E-state index is -4.67. The molecule has 0 saturated carbocycles. The highest BCUT2D eigenvalue weighted by Gasteiger charge is 2.27. The Morgan fingerprint density at radius 2 is 0.738 bits per heavy atom. The number of carbonyl (C=O) groups is 2. The van der Waals surface area contributed by atoms with Crippen molar-refractivity contribution in [2.24, 2.45) is 0 Å². The van der Waals surface area contributed by atoms with Gasteiger partial charge in [-0.25, -0.2) is 4.57 Å². The van der Waals surface area contributed by atoms with Crippen molar-refractivity contribution in [3.63, 3.8) is 0 Å². The van der Waals surface area contributed by atoms with Crippen LogP contribution in [0.25, 0.3) is 0 Å². The predicted octanol–water partition coefficient (Wildman–Crippen LogP) is 12.6. The Hall–Kier alpha value is -3.37. The van der Waals surface area contributed by atoms with Gasteiger partial charge in [-0.05, 0) is 89.9 Å². The first-order valence-electron chi connectivity index (χ1n) is 22.8. The molecule has 0 aliphatic heterocycles. The summed E-state index contributed by atoms with van der Waals surface area (Å²) in [6, 6.07) is 0. The number of allylic oxidation sites excluding steroid dienone is 18. The maximum atomic E-state index is 12.4. The quantitative estimate of drug-likeness (QED) is 0.0235. The summed E-state index contributed by atoms with van der Waals surface area (Å²) in [6.45, 7) is 1.89. The maximum absolute atomic E-state index is 12.4. The molecule has 3 atom stereocenters. The number of carbonyl (C=O) groups excluding carboxylic acids is 2. The monoisotopic (exact) mass is 873 g/mol. The largest absolute Gasteiger partial charge is 0.472 e. The molecule has 346 valence electrons. The summed E-state index contributed by atoms with van der Waals surface area (Å²) in [4.78, 5) is 34.6. The Kier molecular flexibility index (Phi) is 42.2. The first kappa shape index (κ1) is 57.6. The number of hydrogen-bond acceptors (Lipinski definition) is 9. The highest BCUT2D eigenvalue weighted by molar-refractivity contribution is 7.47. The molecule has 10 nitrogen and oxygen atoms in total. The van der Waals surface area contributed by atoms with Gasteiger partial charge >= 0.3 is 19.8 Å². The van der Waals surface area contributed by atoms with Crippen LogP contribution in [0.15, 0.2) is 109 Å². The predicted molar refractivity (Wildman–Crippen MR) is 251 cm³/mol. The van der Waals surface area contributed by atoms with Gasteiger partial charge in [0.1, 0.15) is 12.2 Å². The van der Waals surface area contributed by atoms with Crippen LogP contribution in [-0.4, -0.2) is 65.7 Å². The number of unbranched alkanes of at least 4 members (excludes halogenated alkanes) is 9. The van der Waals surface area contributed by atoms with Crippen LogP contribution in [0.2, 0.25) is 0 Å². The summed E-state index contributed by atoms with van der Waals surface area (Å²) >= 11 is 0. The van der Waals surface area contributed by atoms with Gasteiger partial charge in [0, 0.05) is 12.8 Å². The van der Waals surface area contributed by atoms with Crippen molar-refractivity contribution < 1.29 is 47.8 Å². The Morgan fingerprint density at radius 1 is 0.443 bits per heavy atom. The highest BCUT2D eigenvalue weighted by atomic mass is 31.2. The molecule has 0 fully saturated rings. The van der Waals surface area contributed by atoms with Crippen LogP contribution in [-0.2, 0) is 32.7 Å². The second kappa shape index (κ2) is 44.7. The number of phosphoric acid groups is 1. The lowest BCUT2D eigenvalue weighted by Crippen LogP contribution is -2.28. The second-order valence-corrected chi connectivity index (χ2v) is 16.1. The summed E-state index contributed by atoms with van der Waals surface area (Å²) in [7, 11) is -4.67. The minimum Gasteiger partial charge on any atom is -0.457 e. The van der Waals surface area contributed by atoms with Crippen LogP contribution in [0, 0.1) is 0 Å². The van der Waals surface area contributed by atoms with Crippen LogP contribution < -0.4 is 0 Å². The summed E-state index contributed by atoms with van der Waals surface area (Å²) in [5.41, 5.74) is 0. The average Bonchev–Trinajstić information content (AvgIpc) is 3.25. The van der Waals surface area contributed by atoms with Gasteiger partial charge in [-0.15, -0.1) is 0 Å². The molecule has 0 aromatic heterocycles. The Bertz CT molecular complexity index is 1370. The first-order valence-corrected chi connectivity index (χ1v) is 24.3. The van der Waals surface area contributed by atoms with E-state index in [1.807, 2.05) is 12.2 Å². The molecule has 0 rings (SSSR count). The minimum absolute atomic E-state index is 0.107. The molecule has 3 N–H and O–H groups in total. The summed E-state index contributed by atoms with van der Waals surface area (Å²) in [6.07, 6.45) is 56.4. The molecule has 0 bridgehead atoms. The Labute approximate surface area is 369 Å². The zero-order chi connectivity index (χ0) is 44.8. The number of esters is 2. The van der Waals surface area contributed by atoms with Crippen molar-refractivity contribution in [3.05, 3.63) is 109 Å². The molecule has 61 heavy (non-hydrogen) atoms. The Morgan fingerprint density at radius 3 is 1.10 bits per heavy atom. The molecular weight excluding hydrogens is 792 g/mol. The van der Waals surface area contributed by atoms with E-state index >= 15 is 0 Å². The third-order valence-corrected chi connectivity index (χ3v) is 9.93. The number of rotatable bonds is 41. The zero-order valence-corrected chi connectivity index (χ0v) is 38.5. The SMILES string of the molecule is CC/C=C\C/C=C\C/C=C\C/C=C\C/C=C\CCCC(=O)OC(CO)COP(=O)(O)OCC(CO)OC(=O)CCCCCCCCCC/C=C\C/C=C\C/C=C\C/C=C\CC. The molecule has 0 heterocycles. The van der Waals surface area contributed by atoms with Gasteiger partial charge in [-0.3, -0.25) is 18.6 Å². The van der Waals surface area contributed by atoms with Crippen molar-refractivity contribution >= 4 is 19.8 Å². The number of hydrogen-bond donors (Lipinski definition) is 3. The molecule has 0 aromatic carbocycles. The van der Waals surface area contributed by atoms with Gasteiger partial charge in [-0.2, -0.15) is 0 Å². The van der Waals surface area contributed by atoms with Crippen LogP contribution in [0.5, 0.6) is 0 Å². The third-order valence-electron chi connectivity index (χ3n) is 8.98. The van der Waals surface area contributed by atoms with Crippen molar-refractivity contribution in [2.75, 3.05) is 26.4 Å². The van der Waals surface area contributed by atoms with Crippen molar-refractivity contribution in [2.45, 2.75) is 167 Å².